The molecule has 2 heterocycles. The van der Waals surface area contributed by atoms with Gasteiger partial charge >= 0.3 is 0 Å². The van der Waals surface area contributed by atoms with E-state index in [9.17, 15) is 8.42 Å². The van der Waals surface area contributed by atoms with Gasteiger partial charge in [0, 0.05) is 38.6 Å². The van der Waals surface area contributed by atoms with Crippen molar-refractivity contribution >= 4 is 15.7 Å². The number of hydrogen-bond donors (Lipinski definition) is 1. The van der Waals surface area contributed by atoms with Gasteiger partial charge in [-0.3, -0.25) is 4.90 Å². The van der Waals surface area contributed by atoms with Gasteiger partial charge in [0.25, 0.3) is 0 Å². The van der Waals surface area contributed by atoms with Gasteiger partial charge in [-0.05, 0) is 12.1 Å². The van der Waals surface area contributed by atoms with Crippen molar-refractivity contribution in [2.45, 2.75) is 6.10 Å². The summed E-state index contributed by atoms with van der Waals surface area (Å²) in [6.07, 6.45) is 2.92. The number of aromatic nitrogens is 2. The Balaban J connectivity index is 1.76. The molecule has 0 bridgehead atoms. The summed E-state index contributed by atoms with van der Waals surface area (Å²) in [6, 6.07) is 3.66. The number of sulfone groups is 1. The maximum absolute atomic E-state index is 11.2. The van der Waals surface area contributed by atoms with Crippen molar-refractivity contribution < 1.29 is 13.2 Å². The second-order valence-corrected chi connectivity index (χ2v) is 7.17. The van der Waals surface area contributed by atoms with Crippen LogP contribution in [0.3, 0.4) is 0 Å². The summed E-state index contributed by atoms with van der Waals surface area (Å²) in [5, 5.41) is 10.9. The van der Waals surface area contributed by atoms with Crippen molar-refractivity contribution in [3.05, 3.63) is 18.3 Å². The fourth-order valence-electron chi connectivity index (χ4n) is 2.02. The molecule has 1 aliphatic heterocycles. The van der Waals surface area contributed by atoms with Crippen LogP contribution in [0, 0.1) is 0 Å². The predicted molar refractivity (Wildman–Crippen MR) is 76.4 cm³/mol. The van der Waals surface area contributed by atoms with Gasteiger partial charge in [-0.2, -0.15) is 5.10 Å². The fraction of sp³-hybridized carbons (Fsp3) is 0.667. The van der Waals surface area contributed by atoms with Crippen LogP contribution in [0.2, 0.25) is 0 Å². The van der Waals surface area contributed by atoms with Crippen molar-refractivity contribution in [1.82, 2.24) is 15.1 Å². The highest BCUT2D eigenvalue weighted by Gasteiger charge is 2.21. The summed E-state index contributed by atoms with van der Waals surface area (Å²) in [7, 11) is -2.91. The minimum atomic E-state index is -2.91. The molecular formula is C12H20N4O3S. The van der Waals surface area contributed by atoms with Gasteiger partial charge in [-0.1, -0.05) is 0 Å². The maximum atomic E-state index is 11.2. The SMILES string of the molecule is CS(=O)(=O)CCN1CCO[C@H](CNc2cccnn2)C1. The quantitative estimate of drug-likeness (QED) is 0.767. The van der Waals surface area contributed by atoms with Gasteiger partial charge in [-0.15, -0.1) is 5.10 Å². The lowest BCUT2D eigenvalue weighted by Gasteiger charge is -2.32. The van der Waals surface area contributed by atoms with Crippen LogP contribution in [0.25, 0.3) is 0 Å². The molecule has 7 nitrogen and oxygen atoms in total. The standard InChI is InChI=1S/C12H20N4O3S/c1-20(17,18)8-6-16-5-7-19-11(10-16)9-13-12-3-2-4-14-15-12/h2-4,11H,5-10H2,1H3,(H,13,15)/t11-/m1/s1. The Kier molecular flexibility index (Phi) is 5.27. The molecule has 8 heteroatoms. The fourth-order valence-corrected chi connectivity index (χ4v) is 2.61. The number of nitrogens with zero attached hydrogens (tertiary/aromatic N) is 3. The van der Waals surface area contributed by atoms with E-state index in [1.54, 1.807) is 6.20 Å². The molecule has 1 aliphatic rings. The summed E-state index contributed by atoms with van der Waals surface area (Å²) in [5.74, 6) is 0.904. The molecule has 112 valence electrons. The summed E-state index contributed by atoms with van der Waals surface area (Å²) in [4.78, 5) is 2.12. The summed E-state index contributed by atoms with van der Waals surface area (Å²) in [6.45, 7) is 3.31. The zero-order chi connectivity index (χ0) is 14.4. The van der Waals surface area contributed by atoms with E-state index in [1.807, 2.05) is 12.1 Å². The highest BCUT2D eigenvalue weighted by Crippen LogP contribution is 2.07. The zero-order valence-corrected chi connectivity index (χ0v) is 12.3. The summed E-state index contributed by atoms with van der Waals surface area (Å²) < 4.78 is 28.0. The normalized spacial score (nSPS) is 20.8. The second kappa shape index (κ2) is 6.96. The van der Waals surface area contributed by atoms with Gasteiger partial charge < -0.3 is 10.1 Å². The summed E-state index contributed by atoms with van der Waals surface area (Å²) in [5.41, 5.74) is 0. The molecule has 0 aromatic carbocycles. The van der Waals surface area contributed by atoms with Crippen molar-refractivity contribution in [2.75, 3.05) is 50.1 Å². The third-order valence-electron chi connectivity index (χ3n) is 3.08. The van der Waals surface area contributed by atoms with Gasteiger partial charge in [0.15, 0.2) is 0 Å². The van der Waals surface area contributed by atoms with Crippen LogP contribution in [-0.2, 0) is 14.6 Å². The van der Waals surface area contributed by atoms with Gasteiger partial charge in [0.05, 0.1) is 18.5 Å². The molecule has 1 fully saturated rings. The first-order valence-electron chi connectivity index (χ1n) is 6.56. The Hall–Kier alpha value is -1.25. The van der Waals surface area contributed by atoms with Crippen LogP contribution in [0.5, 0.6) is 0 Å². The molecule has 0 spiro atoms. The lowest BCUT2D eigenvalue weighted by molar-refractivity contribution is -0.0189. The lowest BCUT2D eigenvalue weighted by Crippen LogP contribution is -2.46. The molecule has 1 aromatic heterocycles. The Morgan fingerprint density at radius 3 is 3.10 bits per heavy atom. The summed E-state index contributed by atoms with van der Waals surface area (Å²) >= 11 is 0. The van der Waals surface area contributed by atoms with E-state index in [0.717, 1.165) is 13.1 Å². The molecule has 0 radical (unpaired) electrons. The van der Waals surface area contributed by atoms with Gasteiger partial charge in [0.1, 0.15) is 15.7 Å². The van der Waals surface area contributed by atoms with Crippen molar-refractivity contribution in [2.24, 2.45) is 0 Å². The molecular weight excluding hydrogens is 280 g/mol. The number of hydrogen-bond acceptors (Lipinski definition) is 7. The molecule has 0 unspecified atom stereocenters. The Morgan fingerprint density at radius 1 is 1.55 bits per heavy atom. The van der Waals surface area contributed by atoms with Crippen LogP contribution in [0.15, 0.2) is 18.3 Å². The monoisotopic (exact) mass is 300 g/mol. The first-order chi connectivity index (χ1) is 9.53. The molecule has 1 atom stereocenters. The first kappa shape index (κ1) is 15.1. The van der Waals surface area contributed by atoms with Gasteiger partial charge in [-0.25, -0.2) is 8.42 Å². The van der Waals surface area contributed by atoms with Crippen molar-refractivity contribution in [3.8, 4) is 0 Å². The Bertz CT molecular complexity index is 509. The molecule has 1 aromatic rings. The largest absolute Gasteiger partial charge is 0.374 e. The number of ether oxygens (including phenoxy) is 1. The third-order valence-corrected chi connectivity index (χ3v) is 4.01. The van der Waals surface area contributed by atoms with Crippen LogP contribution in [-0.4, -0.2) is 74.4 Å². The van der Waals surface area contributed by atoms with Crippen LogP contribution < -0.4 is 5.32 Å². The topological polar surface area (TPSA) is 84.4 Å². The average Bonchev–Trinajstić information content (AvgIpc) is 2.44. The Morgan fingerprint density at radius 2 is 2.40 bits per heavy atom. The molecule has 1 N–H and O–H groups in total. The van der Waals surface area contributed by atoms with Crippen molar-refractivity contribution in [3.63, 3.8) is 0 Å². The first-order valence-corrected chi connectivity index (χ1v) is 8.62. The molecule has 2 rings (SSSR count). The maximum Gasteiger partial charge on any atom is 0.148 e. The molecule has 20 heavy (non-hydrogen) atoms. The molecule has 0 saturated carbocycles. The van der Waals surface area contributed by atoms with E-state index in [-0.39, 0.29) is 11.9 Å². The highest BCUT2D eigenvalue weighted by molar-refractivity contribution is 7.90. The molecule has 0 amide bonds. The molecule has 0 aliphatic carbocycles. The number of morpholine rings is 1. The zero-order valence-electron chi connectivity index (χ0n) is 11.5. The van der Waals surface area contributed by atoms with E-state index in [0.29, 0.717) is 25.5 Å². The minimum absolute atomic E-state index is 0.0327. The average molecular weight is 300 g/mol. The minimum Gasteiger partial charge on any atom is -0.374 e. The van der Waals surface area contributed by atoms with Crippen LogP contribution in [0.1, 0.15) is 0 Å². The second-order valence-electron chi connectivity index (χ2n) is 4.91. The Labute approximate surface area is 119 Å². The number of anilines is 1. The van der Waals surface area contributed by atoms with E-state index in [2.05, 4.69) is 20.4 Å². The van der Waals surface area contributed by atoms with Gasteiger partial charge in [0.2, 0.25) is 0 Å². The predicted octanol–water partition coefficient (Wildman–Crippen LogP) is -0.366. The number of nitrogens with one attached hydrogen (secondary N) is 1. The van der Waals surface area contributed by atoms with Crippen molar-refractivity contribution in [1.29, 1.82) is 0 Å². The number of rotatable bonds is 6. The smallest absolute Gasteiger partial charge is 0.148 e. The van der Waals surface area contributed by atoms with E-state index >= 15 is 0 Å². The lowest BCUT2D eigenvalue weighted by atomic mass is 10.2. The van der Waals surface area contributed by atoms with Crippen LogP contribution in [0.4, 0.5) is 5.82 Å². The highest BCUT2D eigenvalue weighted by atomic mass is 32.2. The van der Waals surface area contributed by atoms with E-state index in [4.69, 9.17) is 4.74 Å². The van der Waals surface area contributed by atoms with E-state index in [1.165, 1.54) is 6.26 Å². The van der Waals surface area contributed by atoms with Crippen LogP contribution >= 0.6 is 0 Å². The molecule has 1 saturated heterocycles. The van der Waals surface area contributed by atoms with E-state index < -0.39 is 9.84 Å². The third kappa shape index (κ3) is 5.40.